The van der Waals surface area contributed by atoms with Gasteiger partial charge in [-0.25, -0.2) is 14.4 Å². The van der Waals surface area contributed by atoms with Crippen LogP contribution in [0.4, 0.5) is 10.1 Å². The number of hydrogen-bond donors (Lipinski definition) is 3. The Morgan fingerprint density at radius 2 is 1.91 bits per heavy atom. The summed E-state index contributed by atoms with van der Waals surface area (Å²) in [6, 6.07) is 10.8. The van der Waals surface area contributed by atoms with E-state index >= 15 is 0 Å². The molecule has 1 aliphatic heterocycles. The summed E-state index contributed by atoms with van der Waals surface area (Å²) in [5, 5.41) is 17.5. The lowest BCUT2D eigenvalue weighted by Crippen LogP contribution is -2.49. The molecule has 0 atom stereocenters. The molecule has 11 heteroatoms. The number of rotatable bonds is 6. The number of aromatic amines is 1. The third kappa shape index (κ3) is 5.05. The highest BCUT2D eigenvalue weighted by Crippen LogP contribution is 2.21. The number of nitrogens with zero attached hydrogens (tertiary/aromatic N) is 6. The van der Waals surface area contributed by atoms with E-state index < -0.39 is 0 Å². The molecule has 0 bridgehead atoms. The summed E-state index contributed by atoms with van der Waals surface area (Å²) < 4.78 is 15.3. The summed E-state index contributed by atoms with van der Waals surface area (Å²) >= 11 is 0. The Hall–Kier alpha value is -4.09. The maximum Gasteiger partial charge on any atom is 0.253 e. The molecule has 3 N–H and O–H groups in total. The van der Waals surface area contributed by atoms with Gasteiger partial charge in [0.25, 0.3) is 5.91 Å². The number of fused-ring (bicyclic) bond motifs is 1. The zero-order valence-electron chi connectivity index (χ0n) is 18.9. The molecule has 10 nitrogen and oxygen atoms in total. The normalized spacial score (nSPS) is 15.0. The van der Waals surface area contributed by atoms with Crippen molar-refractivity contribution >= 4 is 28.3 Å². The second-order valence-corrected chi connectivity index (χ2v) is 8.32. The van der Waals surface area contributed by atoms with Crippen molar-refractivity contribution in [1.29, 1.82) is 0 Å². The Kier molecular flexibility index (Phi) is 6.51. The molecule has 0 unspecified atom stereocenters. The first-order chi connectivity index (χ1) is 17.1. The molecule has 2 aromatic carbocycles. The Labute approximate surface area is 200 Å². The van der Waals surface area contributed by atoms with Gasteiger partial charge >= 0.3 is 0 Å². The summed E-state index contributed by atoms with van der Waals surface area (Å²) in [4.78, 5) is 25.8. The molecular formula is C24H25FN8O2. The standard InChI is InChI=1S/C24H25FN8O2/c25-18-2-4-19(5-3-18)27-23(30-35)22-20-15-17(1-6-21(20)28-29-22)24(34)33-13-11-31(12-14-33)9-10-32-8-7-26-16-32/h1-8,15-16,35H,9-14H2,(H,27,30)(H,28,29). The number of benzene rings is 2. The van der Waals surface area contributed by atoms with E-state index in [1.165, 1.54) is 24.3 Å². The second-order valence-electron chi connectivity index (χ2n) is 8.32. The third-order valence-electron chi connectivity index (χ3n) is 6.10. The lowest BCUT2D eigenvalue weighted by Gasteiger charge is -2.34. The maximum absolute atomic E-state index is 13.2. The number of aliphatic imine (C=N–C) groups is 1. The molecular weight excluding hydrogens is 451 g/mol. The van der Waals surface area contributed by atoms with Gasteiger partial charge in [-0.2, -0.15) is 5.10 Å². The number of carbonyl (C=O) groups is 1. The van der Waals surface area contributed by atoms with Crippen LogP contribution in [-0.4, -0.2) is 79.2 Å². The van der Waals surface area contributed by atoms with Crippen molar-refractivity contribution in [3.8, 4) is 0 Å². The minimum atomic E-state index is -0.380. The molecule has 5 rings (SSSR count). The van der Waals surface area contributed by atoms with Crippen LogP contribution in [0.3, 0.4) is 0 Å². The number of imidazole rings is 1. The van der Waals surface area contributed by atoms with Crippen molar-refractivity contribution in [2.45, 2.75) is 6.54 Å². The van der Waals surface area contributed by atoms with Gasteiger partial charge in [0.05, 0.1) is 17.5 Å². The molecule has 1 aliphatic rings. The fraction of sp³-hybridized carbons (Fsp3) is 0.250. The molecule has 1 saturated heterocycles. The van der Waals surface area contributed by atoms with E-state index in [1.54, 1.807) is 24.4 Å². The number of nitrogens with one attached hydrogen (secondary N) is 2. The molecule has 0 saturated carbocycles. The predicted molar refractivity (Wildman–Crippen MR) is 128 cm³/mol. The van der Waals surface area contributed by atoms with Crippen LogP contribution in [0.5, 0.6) is 0 Å². The first-order valence-corrected chi connectivity index (χ1v) is 11.3. The van der Waals surface area contributed by atoms with E-state index in [0.717, 1.165) is 26.2 Å². The van der Waals surface area contributed by atoms with Gasteiger partial charge in [0, 0.05) is 62.6 Å². The minimum Gasteiger partial charge on any atom is -0.336 e. The summed E-state index contributed by atoms with van der Waals surface area (Å²) in [7, 11) is 0. The van der Waals surface area contributed by atoms with Crippen LogP contribution in [0.25, 0.3) is 10.9 Å². The topological polar surface area (TPSA) is 115 Å². The minimum absolute atomic E-state index is 0.0534. The van der Waals surface area contributed by atoms with Crippen molar-refractivity contribution < 1.29 is 14.4 Å². The number of amides is 1. The monoisotopic (exact) mass is 476 g/mol. The smallest absolute Gasteiger partial charge is 0.253 e. The number of hydrogen-bond acceptors (Lipinski definition) is 6. The third-order valence-corrected chi connectivity index (χ3v) is 6.10. The molecule has 35 heavy (non-hydrogen) atoms. The largest absolute Gasteiger partial charge is 0.336 e. The van der Waals surface area contributed by atoms with Gasteiger partial charge < -0.3 is 9.47 Å². The number of halogens is 1. The summed E-state index contributed by atoms with van der Waals surface area (Å²) in [5.74, 6) is -0.351. The molecule has 1 amide bonds. The quantitative estimate of drug-likeness (QED) is 0.224. The molecule has 1 fully saturated rings. The van der Waals surface area contributed by atoms with Crippen LogP contribution in [-0.2, 0) is 6.54 Å². The molecule has 0 spiro atoms. The van der Waals surface area contributed by atoms with Crippen molar-refractivity contribution in [1.82, 2.24) is 35.0 Å². The molecule has 0 aliphatic carbocycles. The summed E-state index contributed by atoms with van der Waals surface area (Å²) in [5.41, 5.74) is 4.09. The summed E-state index contributed by atoms with van der Waals surface area (Å²) in [6.45, 7) is 4.69. The van der Waals surface area contributed by atoms with Gasteiger partial charge in [0.15, 0.2) is 5.84 Å². The summed E-state index contributed by atoms with van der Waals surface area (Å²) in [6.07, 6.45) is 5.53. The molecule has 3 heterocycles. The Balaban J connectivity index is 1.30. The highest BCUT2D eigenvalue weighted by Gasteiger charge is 2.23. The van der Waals surface area contributed by atoms with Gasteiger partial charge in [-0.15, -0.1) is 0 Å². The first-order valence-electron chi connectivity index (χ1n) is 11.3. The number of piperazine rings is 1. The highest BCUT2D eigenvalue weighted by atomic mass is 19.1. The number of aromatic nitrogens is 4. The molecule has 0 radical (unpaired) electrons. The van der Waals surface area contributed by atoms with Gasteiger partial charge in [-0.3, -0.25) is 25.5 Å². The van der Waals surface area contributed by atoms with Crippen molar-refractivity contribution in [2.24, 2.45) is 4.99 Å². The van der Waals surface area contributed by atoms with Crippen LogP contribution in [0.2, 0.25) is 0 Å². The van der Waals surface area contributed by atoms with Crippen molar-refractivity contribution in [3.05, 3.63) is 78.3 Å². The lowest BCUT2D eigenvalue weighted by atomic mass is 10.1. The molecule has 180 valence electrons. The van der Waals surface area contributed by atoms with E-state index in [2.05, 4.69) is 30.6 Å². The zero-order chi connectivity index (χ0) is 24.2. The van der Waals surface area contributed by atoms with Crippen LogP contribution in [0, 0.1) is 5.82 Å². The fourth-order valence-electron chi connectivity index (χ4n) is 4.14. The van der Waals surface area contributed by atoms with Crippen LogP contribution in [0.1, 0.15) is 16.1 Å². The van der Waals surface area contributed by atoms with E-state index in [-0.39, 0.29) is 17.6 Å². The van der Waals surface area contributed by atoms with E-state index in [4.69, 9.17) is 0 Å². The predicted octanol–water partition coefficient (Wildman–Crippen LogP) is 2.41. The van der Waals surface area contributed by atoms with E-state index in [1.807, 2.05) is 22.0 Å². The Morgan fingerprint density at radius 1 is 1.11 bits per heavy atom. The average Bonchev–Trinajstić information content (AvgIpc) is 3.57. The number of amidine groups is 1. The Morgan fingerprint density at radius 3 is 2.63 bits per heavy atom. The number of H-pyrrole nitrogens is 1. The SMILES string of the molecule is O=C(c1ccc2[nH]nc(C(=Nc3ccc(F)cc3)NO)c2c1)N1CCN(CCn2ccnc2)CC1. The van der Waals surface area contributed by atoms with Crippen molar-refractivity contribution in [2.75, 3.05) is 32.7 Å². The van der Waals surface area contributed by atoms with E-state index in [0.29, 0.717) is 40.9 Å². The zero-order valence-corrected chi connectivity index (χ0v) is 18.9. The molecule has 2 aromatic heterocycles. The van der Waals surface area contributed by atoms with Gasteiger partial charge in [0.2, 0.25) is 0 Å². The van der Waals surface area contributed by atoms with Crippen LogP contribution >= 0.6 is 0 Å². The lowest BCUT2D eigenvalue weighted by molar-refractivity contribution is 0.0633. The molecule has 4 aromatic rings. The van der Waals surface area contributed by atoms with Gasteiger partial charge in [0.1, 0.15) is 11.5 Å². The van der Waals surface area contributed by atoms with Gasteiger partial charge in [-0.1, -0.05) is 0 Å². The average molecular weight is 477 g/mol. The maximum atomic E-state index is 13.2. The van der Waals surface area contributed by atoms with Gasteiger partial charge in [-0.05, 0) is 42.5 Å². The van der Waals surface area contributed by atoms with Crippen LogP contribution < -0.4 is 5.48 Å². The number of hydroxylamine groups is 1. The van der Waals surface area contributed by atoms with Crippen molar-refractivity contribution in [3.63, 3.8) is 0 Å². The second kappa shape index (κ2) is 10.0. The highest BCUT2D eigenvalue weighted by molar-refractivity contribution is 6.09. The first kappa shape index (κ1) is 22.7. The number of carbonyl (C=O) groups excluding carboxylic acids is 1. The van der Waals surface area contributed by atoms with Crippen LogP contribution in [0.15, 0.2) is 66.2 Å². The van der Waals surface area contributed by atoms with E-state index in [9.17, 15) is 14.4 Å². The fourth-order valence-corrected chi connectivity index (χ4v) is 4.14. The Bertz CT molecular complexity index is 1330.